The third kappa shape index (κ3) is 8.08. The van der Waals surface area contributed by atoms with Crippen LogP contribution in [0.15, 0.2) is 0 Å². The largest absolute Gasteiger partial charge is 0.382 e. The van der Waals surface area contributed by atoms with Crippen LogP contribution in [0.5, 0.6) is 0 Å². The highest BCUT2D eigenvalue weighted by atomic mass is 16.5. The van der Waals surface area contributed by atoms with Gasteiger partial charge in [-0.3, -0.25) is 0 Å². The lowest BCUT2D eigenvalue weighted by Gasteiger charge is -2.16. The highest BCUT2D eigenvalue weighted by molar-refractivity contribution is 4.76. The molecule has 0 unspecified atom stereocenters. The number of ether oxygens (including phenoxy) is 1. The molecule has 0 bridgehead atoms. The summed E-state index contributed by atoms with van der Waals surface area (Å²) in [5, 5.41) is 3.49. The molecule has 0 spiro atoms. The van der Waals surface area contributed by atoms with Crippen LogP contribution in [0.1, 0.15) is 32.6 Å². The smallest absolute Gasteiger partial charge is 0.0466 e. The molecule has 0 atom stereocenters. The summed E-state index contributed by atoms with van der Waals surface area (Å²) >= 11 is 0. The first kappa shape index (κ1) is 13.9. The Morgan fingerprint density at radius 3 is 2.75 bits per heavy atom. The van der Waals surface area contributed by atoms with Crippen molar-refractivity contribution in [3.05, 3.63) is 0 Å². The summed E-state index contributed by atoms with van der Waals surface area (Å²) in [6.45, 7) is 8.54. The summed E-state index contributed by atoms with van der Waals surface area (Å²) in [5.74, 6) is 1.01. The molecule has 1 aliphatic rings. The van der Waals surface area contributed by atoms with Gasteiger partial charge in [-0.15, -0.1) is 0 Å². The zero-order valence-electron chi connectivity index (χ0n) is 11.0. The van der Waals surface area contributed by atoms with Gasteiger partial charge >= 0.3 is 0 Å². The molecule has 0 aromatic rings. The van der Waals surface area contributed by atoms with E-state index in [1.807, 2.05) is 6.92 Å². The SMILES string of the molecule is CCOCCCCNCCN(C)CC1CC1. The quantitative estimate of drug-likeness (QED) is 0.545. The van der Waals surface area contributed by atoms with Gasteiger partial charge in [0, 0.05) is 32.8 Å². The van der Waals surface area contributed by atoms with Crippen molar-refractivity contribution in [2.24, 2.45) is 5.92 Å². The number of nitrogens with one attached hydrogen (secondary N) is 1. The zero-order chi connectivity index (χ0) is 11.6. The topological polar surface area (TPSA) is 24.5 Å². The summed E-state index contributed by atoms with van der Waals surface area (Å²) < 4.78 is 5.29. The molecule has 1 rings (SSSR count). The van der Waals surface area contributed by atoms with E-state index in [-0.39, 0.29) is 0 Å². The predicted molar refractivity (Wildman–Crippen MR) is 68.8 cm³/mol. The van der Waals surface area contributed by atoms with Gasteiger partial charge in [0.25, 0.3) is 0 Å². The second kappa shape index (κ2) is 8.97. The fraction of sp³-hybridized carbons (Fsp3) is 1.00. The van der Waals surface area contributed by atoms with E-state index in [1.165, 1.54) is 38.8 Å². The van der Waals surface area contributed by atoms with E-state index in [1.54, 1.807) is 0 Å². The average molecular weight is 228 g/mol. The lowest BCUT2D eigenvalue weighted by molar-refractivity contribution is 0.143. The molecule has 1 saturated carbocycles. The van der Waals surface area contributed by atoms with Crippen LogP contribution in [-0.4, -0.2) is 51.3 Å². The lowest BCUT2D eigenvalue weighted by Crippen LogP contribution is -2.31. The molecule has 3 heteroatoms. The normalized spacial score (nSPS) is 15.9. The van der Waals surface area contributed by atoms with E-state index in [9.17, 15) is 0 Å². The van der Waals surface area contributed by atoms with Crippen molar-refractivity contribution in [3.8, 4) is 0 Å². The minimum Gasteiger partial charge on any atom is -0.382 e. The predicted octanol–water partition coefficient (Wildman–Crippen LogP) is 1.73. The summed E-state index contributed by atoms with van der Waals surface area (Å²) in [7, 11) is 2.23. The maximum absolute atomic E-state index is 5.29. The van der Waals surface area contributed by atoms with Crippen LogP contribution in [0, 0.1) is 5.92 Å². The lowest BCUT2D eigenvalue weighted by atomic mass is 10.3. The number of hydrogen-bond donors (Lipinski definition) is 1. The Morgan fingerprint density at radius 1 is 1.25 bits per heavy atom. The van der Waals surface area contributed by atoms with Crippen molar-refractivity contribution in [3.63, 3.8) is 0 Å². The average Bonchev–Trinajstić information content (AvgIpc) is 3.06. The molecule has 16 heavy (non-hydrogen) atoms. The molecule has 1 N–H and O–H groups in total. The van der Waals surface area contributed by atoms with Crippen LogP contribution in [0.2, 0.25) is 0 Å². The molecule has 0 amide bonds. The fourth-order valence-corrected chi connectivity index (χ4v) is 1.83. The minimum atomic E-state index is 0.847. The number of rotatable bonds is 11. The van der Waals surface area contributed by atoms with E-state index in [4.69, 9.17) is 4.74 Å². The van der Waals surface area contributed by atoms with Crippen molar-refractivity contribution >= 4 is 0 Å². The van der Waals surface area contributed by atoms with Gasteiger partial charge in [0.2, 0.25) is 0 Å². The molecule has 0 heterocycles. The molecular formula is C13H28N2O. The van der Waals surface area contributed by atoms with Crippen molar-refractivity contribution in [1.82, 2.24) is 10.2 Å². The molecule has 0 aliphatic heterocycles. The Labute approximate surface area is 101 Å². The number of likely N-dealkylation sites (N-methyl/N-ethyl adjacent to an activating group) is 1. The Morgan fingerprint density at radius 2 is 2.06 bits per heavy atom. The Bertz CT molecular complexity index is 160. The molecule has 1 fully saturated rings. The van der Waals surface area contributed by atoms with Gasteiger partial charge in [-0.1, -0.05) is 0 Å². The Kier molecular flexibility index (Phi) is 7.81. The van der Waals surface area contributed by atoms with Crippen LogP contribution >= 0.6 is 0 Å². The van der Waals surface area contributed by atoms with Gasteiger partial charge in [0.1, 0.15) is 0 Å². The highest BCUT2D eigenvalue weighted by Crippen LogP contribution is 2.29. The monoisotopic (exact) mass is 228 g/mol. The van der Waals surface area contributed by atoms with Gasteiger partial charge in [-0.2, -0.15) is 0 Å². The van der Waals surface area contributed by atoms with Crippen molar-refractivity contribution in [1.29, 1.82) is 0 Å². The molecule has 0 aromatic carbocycles. The van der Waals surface area contributed by atoms with Gasteiger partial charge in [0.15, 0.2) is 0 Å². The summed E-state index contributed by atoms with van der Waals surface area (Å²) in [4.78, 5) is 2.45. The maximum atomic E-state index is 5.29. The Balaban J connectivity index is 1.73. The molecule has 96 valence electrons. The first-order valence-electron chi connectivity index (χ1n) is 6.80. The molecule has 3 nitrogen and oxygen atoms in total. The van der Waals surface area contributed by atoms with Gasteiger partial charge in [-0.25, -0.2) is 0 Å². The molecule has 0 radical (unpaired) electrons. The number of unbranched alkanes of at least 4 members (excludes halogenated alkanes) is 1. The molecular weight excluding hydrogens is 200 g/mol. The van der Waals surface area contributed by atoms with Gasteiger partial charge in [0.05, 0.1) is 0 Å². The van der Waals surface area contributed by atoms with Crippen molar-refractivity contribution < 1.29 is 4.74 Å². The van der Waals surface area contributed by atoms with Crippen molar-refractivity contribution in [2.45, 2.75) is 32.6 Å². The summed E-state index contributed by atoms with van der Waals surface area (Å²) in [6, 6.07) is 0. The third-order valence-electron chi connectivity index (χ3n) is 3.03. The molecule has 1 aliphatic carbocycles. The van der Waals surface area contributed by atoms with E-state index < -0.39 is 0 Å². The van der Waals surface area contributed by atoms with Crippen LogP contribution in [0.25, 0.3) is 0 Å². The molecule has 0 aromatic heterocycles. The summed E-state index contributed by atoms with van der Waals surface area (Å²) in [6.07, 6.45) is 5.31. The minimum absolute atomic E-state index is 0.847. The third-order valence-corrected chi connectivity index (χ3v) is 3.03. The first-order valence-corrected chi connectivity index (χ1v) is 6.80. The molecule has 0 saturated heterocycles. The van der Waals surface area contributed by atoms with E-state index in [0.29, 0.717) is 0 Å². The Hall–Kier alpha value is -0.120. The second-order valence-electron chi connectivity index (χ2n) is 4.86. The fourth-order valence-electron chi connectivity index (χ4n) is 1.83. The number of nitrogens with zero attached hydrogens (tertiary/aromatic N) is 1. The standard InChI is InChI=1S/C13H28N2O/c1-3-16-11-5-4-8-14-9-10-15(2)12-13-6-7-13/h13-14H,3-12H2,1-2H3. The highest BCUT2D eigenvalue weighted by Gasteiger charge is 2.22. The van der Waals surface area contributed by atoms with Crippen LogP contribution in [0.4, 0.5) is 0 Å². The van der Waals surface area contributed by atoms with Gasteiger partial charge in [-0.05, 0) is 52.1 Å². The van der Waals surface area contributed by atoms with E-state index in [2.05, 4.69) is 17.3 Å². The maximum Gasteiger partial charge on any atom is 0.0466 e. The second-order valence-corrected chi connectivity index (χ2v) is 4.86. The van der Waals surface area contributed by atoms with E-state index in [0.717, 1.165) is 32.2 Å². The van der Waals surface area contributed by atoms with Crippen LogP contribution in [0.3, 0.4) is 0 Å². The zero-order valence-corrected chi connectivity index (χ0v) is 11.0. The number of hydrogen-bond acceptors (Lipinski definition) is 3. The first-order chi connectivity index (χ1) is 7.83. The van der Waals surface area contributed by atoms with Crippen LogP contribution < -0.4 is 5.32 Å². The van der Waals surface area contributed by atoms with Crippen molar-refractivity contribution in [2.75, 3.05) is 46.4 Å². The van der Waals surface area contributed by atoms with Crippen LogP contribution in [-0.2, 0) is 4.74 Å². The van der Waals surface area contributed by atoms with Gasteiger partial charge < -0.3 is 15.0 Å². The van der Waals surface area contributed by atoms with E-state index >= 15 is 0 Å². The summed E-state index contributed by atoms with van der Waals surface area (Å²) in [5.41, 5.74) is 0.